The summed E-state index contributed by atoms with van der Waals surface area (Å²) in [6.45, 7) is 14.7. The van der Waals surface area contributed by atoms with Crippen LogP contribution in [0.15, 0.2) is 0 Å². The van der Waals surface area contributed by atoms with Gasteiger partial charge in [-0.15, -0.1) is 0 Å². The maximum atomic E-state index is 5.65. The van der Waals surface area contributed by atoms with Crippen molar-refractivity contribution in [2.45, 2.75) is 33.2 Å². The molecule has 0 saturated carbocycles. The molecule has 0 aliphatic carbocycles. The summed E-state index contributed by atoms with van der Waals surface area (Å²) >= 11 is 0. The van der Waals surface area contributed by atoms with Gasteiger partial charge < -0.3 is 19.5 Å². The van der Waals surface area contributed by atoms with Crippen molar-refractivity contribution in [2.24, 2.45) is 5.41 Å². The Morgan fingerprint density at radius 1 is 1.05 bits per heavy atom. The number of ether oxygens (including phenoxy) is 3. The lowest BCUT2D eigenvalue weighted by molar-refractivity contribution is 0.0187. The molecule has 0 bridgehead atoms. The van der Waals surface area contributed by atoms with Gasteiger partial charge in [0.15, 0.2) is 0 Å². The monoisotopic (exact) mass is 302 g/mol. The first kappa shape index (κ1) is 18.8. The summed E-state index contributed by atoms with van der Waals surface area (Å²) in [4.78, 5) is 2.52. The first-order valence-corrected chi connectivity index (χ1v) is 8.14. The lowest BCUT2D eigenvalue weighted by Gasteiger charge is -2.33. The van der Waals surface area contributed by atoms with E-state index in [-0.39, 0.29) is 0 Å². The third-order valence-electron chi connectivity index (χ3n) is 3.88. The molecule has 0 radical (unpaired) electrons. The van der Waals surface area contributed by atoms with Crippen molar-refractivity contribution in [3.63, 3.8) is 0 Å². The summed E-state index contributed by atoms with van der Waals surface area (Å²) in [5, 5.41) is 3.67. The fourth-order valence-corrected chi connectivity index (χ4v) is 2.43. The zero-order chi connectivity index (χ0) is 15.6. The first-order chi connectivity index (χ1) is 10.0. The Balaban J connectivity index is 2.10. The van der Waals surface area contributed by atoms with Gasteiger partial charge in [0.2, 0.25) is 0 Å². The first-order valence-electron chi connectivity index (χ1n) is 8.14. The maximum absolute atomic E-state index is 5.65. The molecule has 1 aliphatic heterocycles. The van der Waals surface area contributed by atoms with E-state index in [0.717, 1.165) is 32.8 Å². The van der Waals surface area contributed by atoms with Crippen LogP contribution in [0.1, 0.15) is 27.2 Å². The van der Waals surface area contributed by atoms with Crippen molar-refractivity contribution < 1.29 is 14.2 Å². The molecule has 0 aromatic carbocycles. The van der Waals surface area contributed by atoms with Crippen LogP contribution >= 0.6 is 0 Å². The molecule has 21 heavy (non-hydrogen) atoms. The van der Waals surface area contributed by atoms with Crippen LogP contribution in [-0.4, -0.2) is 77.3 Å². The number of hydrogen-bond acceptors (Lipinski definition) is 5. The van der Waals surface area contributed by atoms with Gasteiger partial charge in [0.25, 0.3) is 0 Å². The predicted octanol–water partition coefficient (Wildman–Crippen LogP) is 1.38. The molecular weight excluding hydrogens is 268 g/mol. The minimum Gasteiger partial charge on any atom is -0.382 e. The van der Waals surface area contributed by atoms with Gasteiger partial charge in [0, 0.05) is 26.2 Å². The molecule has 1 atom stereocenters. The molecule has 1 rings (SSSR count). The van der Waals surface area contributed by atoms with Crippen molar-refractivity contribution in [3.8, 4) is 0 Å². The van der Waals surface area contributed by atoms with Crippen molar-refractivity contribution in [1.82, 2.24) is 10.2 Å². The van der Waals surface area contributed by atoms with Gasteiger partial charge in [-0.25, -0.2) is 0 Å². The molecule has 1 saturated heterocycles. The molecule has 1 unspecified atom stereocenters. The van der Waals surface area contributed by atoms with Crippen LogP contribution in [0.4, 0.5) is 0 Å². The second-order valence-corrected chi connectivity index (χ2v) is 6.74. The smallest absolute Gasteiger partial charge is 0.0701 e. The molecule has 5 heteroatoms. The lowest BCUT2D eigenvalue weighted by atomic mass is 9.86. The Hall–Kier alpha value is -0.200. The summed E-state index contributed by atoms with van der Waals surface area (Å²) in [5.74, 6) is 0. The molecular formula is C16H34N2O3. The van der Waals surface area contributed by atoms with Crippen LogP contribution in [0.25, 0.3) is 0 Å². The van der Waals surface area contributed by atoms with Crippen LogP contribution in [0.2, 0.25) is 0 Å². The Morgan fingerprint density at radius 2 is 1.71 bits per heavy atom. The molecule has 126 valence electrons. The standard InChI is InChI=1S/C16H34N2O3/c1-16(2,3)15-14-18(7-5-6-17-15)8-9-20-12-13-21-11-10-19-4/h15,17H,5-14H2,1-4H3. The average molecular weight is 302 g/mol. The van der Waals surface area contributed by atoms with Gasteiger partial charge in [-0.2, -0.15) is 0 Å². The van der Waals surface area contributed by atoms with Crippen LogP contribution in [-0.2, 0) is 14.2 Å². The SMILES string of the molecule is COCCOCCOCCN1CCCNC(C(C)(C)C)C1. The minimum atomic E-state index is 0.304. The number of methoxy groups -OCH3 is 1. The molecule has 0 spiro atoms. The van der Waals surface area contributed by atoms with E-state index in [1.807, 2.05) is 0 Å². The van der Waals surface area contributed by atoms with E-state index in [0.29, 0.717) is 37.9 Å². The summed E-state index contributed by atoms with van der Waals surface area (Å²) in [6.07, 6.45) is 1.21. The summed E-state index contributed by atoms with van der Waals surface area (Å²) in [7, 11) is 1.68. The fraction of sp³-hybridized carbons (Fsp3) is 1.00. The van der Waals surface area contributed by atoms with Gasteiger partial charge in [0.05, 0.1) is 33.0 Å². The quantitative estimate of drug-likeness (QED) is 0.652. The summed E-state index contributed by atoms with van der Waals surface area (Å²) in [5.41, 5.74) is 0.304. The van der Waals surface area contributed by atoms with E-state index in [9.17, 15) is 0 Å². The number of nitrogens with one attached hydrogen (secondary N) is 1. The third-order valence-corrected chi connectivity index (χ3v) is 3.88. The van der Waals surface area contributed by atoms with Crippen molar-refractivity contribution in [2.75, 3.05) is 66.3 Å². The van der Waals surface area contributed by atoms with Crippen LogP contribution in [0, 0.1) is 5.41 Å². The van der Waals surface area contributed by atoms with E-state index < -0.39 is 0 Å². The number of hydrogen-bond donors (Lipinski definition) is 1. The molecule has 1 N–H and O–H groups in total. The molecule has 5 nitrogen and oxygen atoms in total. The Bertz CT molecular complexity index is 256. The third kappa shape index (κ3) is 8.73. The normalized spacial score (nSPS) is 21.4. The zero-order valence-electron chi connectivity index (χ0n) is 14.3. The van der Waals surface area contributed by atoms with E-state index in [4.69, 9.17) is 14.2 Å². The highest BCUT2D eigenvalue weighted by Crippen LogP contribution is 2.21. The highest BCUT2D eigenvalue weighted by atomic mass is 16.5. The predicted molar refractivity (Wildman–Crippen MR) is 85.8 cm³/mol. The molecule has 1 aliphatic rings. The second-order valence-electron chi connectivity index (χ2n) is 6.74. The van der Waals surface area contributed by atoms with Crippen molar-refractivity contribution in [3.05, 3.63) is 0 Å². The fourth-order valence-electron chi connectivity index (χ4n) is 2.43. The number of rotatable bonds is 9. The highest BCUT2D eigenvalue weighted by Gasteiger charge is 2.27. The Labute approximate surface area is 130 Å². The Morgan fingerprint density at radius 3 is 2.38 bits per heavy atom. The van der Waals surface area contributed by atoms with E-state index in [2.05, 4.69) is 31.0 Å². The second kappa shape index (κ2) is 10.5. The highest BCUT2D eigenvalue weighted by molar-refractivity contribution is 4.85. The van der Waals surface area contributed by atoms with E-state index in [1.54, 1.807) is 7.11 Å². The molecule has 0 aromatic heterocycles. The van der Waals surface area contributed by atoms with E-state index >= 15 is 0 Å². The Kier molecular flexibility index (Phi) is 9.44. The van der Waals surface area contributed by atoms with Gasteiger partial charge in [0.1, 0.15) is 0 Å². The van der Waals surface area contributed by atoms with Gasteiger partial charge in [-0.3, -0.25) is 4.90 Å². The van der Waals surface area contributed by atoms with E-state index in [1.165, 1.54) is 6.42 Å². The van der Waals surface area contributed by atoms with Crippen LogP contribution in [0.3, 0.4) is 0 Å². The van der Waals surface area contributed by atoms with Crippen molar-refractivity contribution in [1.29, 1.82) is 0 Å². The van der Waals surface area contributed by atoms with Gasteiger partial charge >= 0.3 is 0 Å². The summed E-state index contributed by atoms with van der Waals surface area (Å²) in [6, 6.07) is 0.553. The van der Waals surface area contributed by atoms with Crippen LogP contribution in [0.5, 0.6) is 0 Å². The van der Waals surface area contributed by atoms with Crippen molar-refractivity contribution >= 4 is 0 Å². The van der Waals surface area contributed by atoms with Crippen LogP contribution < -0.4 is 5.32 Å². The minimum absolute atomic E-state index is 0.304. The largest absolute Gasteiger partial charge is 0.382 e. The molecule has 0 aromatic rings. The van der Waals surface area contributed by atoms with Gasteiger partial charge in [-0.05, 0) is 24.9 Å². The average Bonchev–Trinajstić information content (AvgIpc) is 2.67. The molecule has 1 heterocycles. The molecule has 1 fully saturated rings. The van der Waals surface area contributed by atoms with Gasteiger partial charge in [-0.1, -0.05) is 20.8 Å². The number of nitrogens with zero attached hydrogens (tertiary/aromatic N) is 1. The topological polar surface area (TPSA) is 43.0 Å². The lowest BCUT2D eigenvalue weighted by Crippen LogP contribution is -2.46. The zero-order valence-corrected chi connectivity index (χ0v) is 14.3. The molecule has 0 amide bonds. The maximum Gasteiger partial charge on any atom is 0.0701 e. The summed E-state index contributed by atoms with van der Waals surface area (Å²) < 4.78 is 15.9.